The maximum Gasteiger partial charge on any atom is 0.0236 e. The van der Waals surface area contributed by atoms with Crippen LogP contribution in [0.3, 0.4) is 0 Å². The molecule has 2 saturated heterocycles. The molecule has 0 spiro atoms. The van der Waals surface area contributed by atoms with E-state index in [2.05, 4.69) is 29.1 Å². The van der Waals surface area contributed by atoms with Gasteiger partial charge in [0, 0.05) is 38.3 Å². The van der Waals surface area contributed by atoms with Crippen LogP contribution in [0.4, 0.5) is 0 Å². The van der Waals surface area contributed by atoms with Gasteiger partial charge in [0.15, 0.2) is 0 Å². The van der Waals surface area contributed by atoms with Crippen LogP contribution >= 0.6 is 0 Å². The first-order valence-electron chi connectivity index (χ1n) is 5.42. The minimum absolute atomic E-state index is 0.739. The number of hydrogen-bond acceptors (Lipinski definition) is 3. The number of nitrogens with one attached hydrogen (secondary N) is 1. The number of rotatable bonds is 1. The maximum absolute atomic E-state index is 3.45. The first kappa shape index (κ1) is 9.44. The van der Waals surface area contributed by atoms with Gasteiger partial charge in [0.05, 0.1) is 0 Å². The fourth-order valence-electron chi connectivity index (χ4n) is 2.62. The summed E-state index contributed by atoms with van der Waals surface area (Å²) >= 11 is 0. The standard InChI is InChI=1S/C10H21N3/c1-9-8-12(2)5-6-13(9)10-3-4-11-7-10/h9-11H,3-8H2,1-2H3/t9-,10+/m1/s1. The fourth-order valence-corrected chi connectivity index (χ4v) is 2.62. The highest BCUT2D eigenvalue weighted by Gasteiger charge is 2.29. The van der Waals surface area contributed by atoms with Crippen LogP contribution in [0, 0.1) is 0 Å². The molecule has 3 heteroatoms. The smallest absolute Gasteiger partial charge is 0.0236 e. The van der Waals surface area contributed by atoms with E-state index in [-0.39, 0.29) is 0 Å². The molecule has 1 N–H and O–H groups in total. The van der Waals surface area contributed by atoms with Gasteiger partial charge in [-0.3, -0.25) is 4.90 Å². The highest BCUT2D eigenvalue weighted by atomic mass is 15.3. The molecular weight excluding hydrogens is 162 g/mol. The van der Waals surface area contributed by atoms with E-state index in [1.54, 1.807) is 0 Å². The molecule has 0 bridgehead atoms. The van der Waals surface area contributed by atoms with Gasteiger partial charge in [-0.05, 0) is 26.9 Å². The van der Waals surface area contributed by atoms with E-state index in [9.17, 15) is 0 Å². The molecule has 0 amide bonds. The first-order chi connectivity index (χ1) is 6.27. The summed E-state index contributed by atoms with van der Waals surface area (Å²) in [6.45, 7) is 8.49. The predicted octanol–water partition coefficient (Wildman–Crippen LogP) is -0.0158. The van der Waals surface area contributed by atoms with Gasteiger partial charge in [0.2, 0.25) is 0 Å². The van der Waals surface area contributed by atoms with Gasteiger partial charge in [-0.25, -0.2) is 0 Å². The van der Waals surface area contributed by atoms with Crippen LogP contribution in [0.5, 0.6) is 0 Å². The van der Waals surface area contributed by atoms with Gasteiger partial charge in [0.25, 0.3) is 0 Å². The Morgan fingerprint density at radius 2 is 2.15 bits per heavy atom. The number of hydrogen-bond donors (Lipinski definition) is 1. The lowest BCUT2D eigenvalue weighted by atomic mass is 10.1. The average Bonchev–Trinajstić information content (AvgIpc) is 2.56. The van der Waals surface area contributed by atoms with Crippen LogP contribution in [-0.2, 0) is 0 Å². The van der Waals surface area contributed by atoms with Crippen molar-refractivity contribution in [1.82, 2.24) is 15.1 Å². The van der Waals surface area contributed by atoms with Crippen LogP contribution in [0.1, 0.15) is 13.3 Å². The van der Waals surface area contributed by atoms with Gasteiger partial charge in [-0.2, -0.15) is 0 Å². The van der Waals surface area contributed by atoms with Crippen LogP contribution in [-0.4, -0.2) is 61.7 Å². The summed E-state index contributed by atoms with van der Waals surface area (Å²) < 4.78 is 0. The van der Waals surface area contributed by atoms with Gasteiger partial charge in [-0.1, -0.05) is 0 Å². The van der Waals surface area contributed by atoms with E-state index < -0.39 is 0 Å². The minimum Gasteiger partial charge on any atom is -0.315 e. The zero-order valence-corrected chi connectivity index (χ0v) is 8.79. The van der Waals surface area contributed by atoms with Crippen molar-refractivity contribution in [3.05, 3.63) is 0 Å². The van der Waals surface area contributed by atoms with Crippen LogP contribution in [0.25, 0.3) is 0 Å². The van der Waals surface area contributed by atoms with Crippen molar-refractivity contribution in [1.29, 1.82) is 0 Å². The third-order valence-corrected chi connectivity index (χ3v) is 3.39. The summed E-state index contributed by atoms with van der Waals surface area (Å²) in [5, 5.41) is 3.45. The Labute approximate surface area is 81.1 Å². The Kier molecular flexibility index (Phi) is 2.86. The van der Waals surface area contributed by atoms with Crippen molar-refractivity contribution < 1.29 is 0 Å². The predicted molar refractivity (Wildman–Crippen MR) is 54.9 cm³/mol. The lowest BCUT2D eigenvalue weighted by molar-refractivity contribution is 0.0680. The highest BCUT2D eigenvalue weighted by Crippen LogP contribution is 2.15. The number of likely N-dealkylation sites (N-methyl/N-ethyl adjacent to an activating group) is 1. The van der Waals surface area contributed by atoms with Crippen molar-refractivity contribution in [3.63, 3.8) is 0 Å². The zero-order chi connectivity index (χ0) is 9.26. The molecule has 2 atom stereocenters. The monoisotopic (exact) mass is 183 g/mol. The third kappa shape index (κ3) is 2.03. The van der Waals surface area contributed by atoms with Crippen LogP contribution < -0.4 is 5.32 Å². The summed E-state index contributed by atoms with van der Waals surface area (Å²) in [4.78, 5) is 5.11. The molecule has 0 saturated carbocycles. The van der Waals surface area contributed by atoms with Gasteiger partial charge in [-0.15, -0.1) is 0 Å². The molecule has 2 aliphatic heterocycles. The SMILES string of the molecule is C[C@@H]1CN(C)CCN1[C@H]1CCNC1. The summed E-state index contributed by atoms with van der Waals surface area (Å²) in [7, 11) is 2.22. The molecule has 3 nitrogen and oxygen atoms in total. The van der Waals surface area contributed by atoms with Gasteiger partial charge >= 0.3 is 0 Å². The van der Waals surface area contributed by atoms with Crippen molar-refractivity contribution in [2.75, 3.05) is 39.8 Å². The second-order valence-electron chi connectivity index (χ2n) is 4.50. The van der Waals surface area contributed by atoms with Crippen molar-refractivity contribution >= 4 is 0 Å². The zero-order valence-electron chi connectivity index (χ0n) is 8.79. The summed E-state index contributed by atoms with van der Waals surface area (Å²) in [6, 6.07) is 1.55. The molecule has 0 unspecified atom stereocenters. The fraction of sp³-hybridized carbons (Fsp3) is 1.00. The molecule has 0 radical (unpaired) electrons. The van der Waals surface area contributed by atoms with E-state index >= 15 is 0 Å². The Morgan fingerprint density at radius 1 is 1.31 bits per heavy atom. The topological polar surface area (TPSA) is 18.5 Å². The lowest BCUT2D eigenvalue weighted by Gasteiger charge is -2.41. The molecule has 2 heterocycles. The quantitative estimate of drug-likeness (QED) is 0.616. The second kappa shape index (κ2) is 3.95. The Bertz CT molecular complexity index is 166. The van der Waals surface area contributed by atoms with Crippen LogP contribution in [0.15, 0.2) is 0 Å². The largest absolute Gasteiger partial charge is 0.315 e. The first-order valence-corrected chi connectivity index (χ1v) is 5.42. The minimum atomic E-state index is 0.739. The Morgan fingerprint density at radius 3 is 2.77 bits per heavy atom. The van der Waals surface area contributed by atoms with E-state index in [1.165, 1.54) is 39.1 Å². The van der Waals surface area contributed by atoms with E-state index in [0.29, 0.717) is 0 Å². The van der Waals surface area contributed by atoms with Crippen LogP contribution in [0.2, 0.25) is 0 Å². The van der Waals surface area contributed by atoms with Gasteiger partial charge in [0.1, 0.15) is 0 Å². The summed E-state index contributed by atoms with van der Waals surface area (Å²) in [5.74, 6) is 0. The van der Waals surface area contributed by atoms with E-state index in [4.69, 9.17) is 0 Å². The highest BCUT2D eigenvalue weighted by molar-refractivity contribution is 4.87. The summed E-state index contributed by atoms with van der Waals surface area (Å²) in [5.41, 5.74) is 0. The molecule has 2 rings (SSSR count). The third-order valence-electron chi connectivity index (χ3n) is 3.39. The second-order valence-corrected chi connectivity index (χ2v) is 4.50. The molecule has 0 aromatic carbocycles. The van der Waals surface area contributed by atoms with E-state index in [1.807, 2.05) is 0 Å². The molecule has 0 aliphatic carbocycles. The molecule has 76 valence electrons. The van der Waals surface area contributed by atoms with Crippen molar-refractivity contribution in [3.8, 4) is 0 Å². The molecule has 2 aliphatic rings. The Balaban J connectivity index is 1.91. The summed E-state index contributed by atoms with van der Waals surface area (Å²) in [6.07, 6.45) is 1.34. The molecule has 0 aromatic heterocycles. The number of nitrogens with zero attached hydrogens (tertiary/aromatic N) is 2. The molecule has 13 heavy (non-hydrogen) atoms. The number of piperazine rings is 1. The molecular formula is C10H21N3. The maximum atomic E-state index is 3.45. The van der Waals surface area contributed by atoms with Crippen molar-refractivity contribution in [2.45, 2.75) is 25.4 Å². The lowest BCUT2D eigenvalue weighted by Crippen LogP contribution is -2.54. The normalized spacial score (nSPS) is 38.3. The van der Waals surface area contributed by atoms with E-state index in [0.717, 1.165) is 12.1 Å². The molecule has 0 aromatic rings. The van der Waals surface area contributed by atoms with Crippen molar-refractivity contribution in [2.24, 2.45) is 0 Å². The average molecular weight is 183 g/mol. The Hall–Kier alpha value is -0.120. The van der Waals surface area contributed by atoms with Gasteiger partial charge < -0.3 is 10.2 Å². The molecule has 2 fully saturated rings.